The molecule has 1 heteroatoms. The van der Waals surface area contributed by atoms with Crippen LogP contribution in [0.25, 0.3) is 0 Å². The lowest BCUT2D eigenvalue weighted by Crippen LogP contribution is -2.65. The molecular weight excluding hydrogens is 376 g/mol. The van der Waals surface area contributed by atoms with E-state index in [9.17, 15) is 5.11 Å². The summed E-state index contributed by atoms with van der Waals surface area (Å²) in [6.07, 6.45) is 17.1. The van der Waals surface area contributed by atoms with E-state index >= 15 is 0 Å². The third-order valence-corrected chi connectivity index (χ3v) is 12.5. The summed E-state index contributed by atoms with van der Waals surface area (Å²) in [7, 11) is 0. The van der Waals surface area contributed by atoms with Crippen molar-refractivity contribution in [3.8, 4) is 0 Å². The Balaban J connectivity index is 1.60. The maximum Gasteiger partial charge on any atom is 0.0571 e. The Bertz CT molecular complexity index is 720. The van der Waals surface area contributed by atoms with Gasteiger partial charge in [-0.3, -0.25) is 0 Å². The summed E-state index contributed by atoms with van der Waals surface area (Å²) < 4.78 is 0. The van der Waals surface area contributed by atoms with Gasteiger partial charge in [0.05, 0.1) is 6.10 Å². The van der Waals surface area contributed by atoms with Crippen LogP contribution in [0, 0.1) is 44.8 Å². The van der Waals surface area contributed by atoms with E-state index < -0.39 is 0 Å². The number of hydrogen-bond acceptors (Lipinski definition) is 1. The molecular formula is C30H52O. The SMILES string of the molecule is CC(C)=CCC[C@]1(C)CC[C@]2(C)[C@H]3CC[C@@]4(C)[C@@H](CC[C@@H](O)[C@@H]4C)[C@]3(C)CC[C@@]2(C)C1. The van der Waals surface area contributed by atoms with Gasteiger partial charge in [-0.15, -0.1) is 0 Å². The van der Waals surface area contributed by atoms with Gasteiger partial charge < -0.3 is 5.11 Å². The summed E-state index contributed by atoms with van der Waals surface area (Å²) in [5, 5.41) is 10.7. The van der Waals surface area contributed by atoms with Gasteiger partial charge >= 0.3 is 0 Å². The second-order valence-corrected chi connectivity index (χ2v) is 14.4. The Morgan fingerprint density at radius 3 is 2.23 bits per heavy atom. The fourth-order valence-electron chi connectivity index (χ4n) is 10.1. The van der Waals surface area contributed by atoms with Crippen molar-refractivity contribution in [1.29, 1.82) is 0 Å². The molecule has 4 aliphatic carbocycles. The number of aliphatic hydroxyl groups excluding tert-OH is 1. The fourth-order valence-corrected chi connectivity index (χ4v) is 10.1. The van der Waals surface area contributed by atoms with Gasteiger partial charge in [-0.1, -0.05) is 53.2 Å². The fraction of sp³-hybridized carbons (Fsp3) is 0.933. The largest absolute Gasteiger partial charge is 0.393 e. The molecule has 1 nitrogen and oxygen atoms in total. The minimum Gasteiger partial charge on any atom is -0.393 e. The van der Waals surface area contributed by atoms with Crippen LogP contribution < -0.4 is 0 Å². The van der Waals surface area contributed by atoms with Crippen LogP contribution in [0.4, 0.5) is 0 Å². The van der Waals surface area contributed by atoms with E-state index in [1.807, 2.05) is 0 Å². The molecule has 1 N–H and O–H groups in total. The lowest BCUT2D eigenvalue weighted by atomic mass is 9.33. The number of rotatable bonds is 3. The molecule has 4 saturated carbocycles. The molecule has 0 spiro atoms. The molecule has 31 heavy (non-hydrogen) atoms. The topological polar surface area (TPSA) is 20.2 Å². The van der Waals surface area contributed by atoms with E-state index in [1.165, 1.54) is 69.8 Å². The Morgan fingerprint density at radius 2 is 1.55 bits per heavy atom. The van der Waals surface area contributed by atoms with Crippen LogP contribution in [0.15, 0.2) is 11.6 Å². The summed E-state index contributed by atoms with van der Waals surface area (Å²) in [6, 6.07) is 0. The quantitative estimate of drug-likeness (QED) is 0.446. The molecule has 0 aromatic rings. The average molecular weight is 429 g/mol. The number of allylic oxidation sites excluding steroid dienone is 2. The van der Waals surface area contributed by atoms with E-state index in [-0.39, 0.29) is 6.10 Å². The second-order valence-electron chi connectivity index (χ2n) is 14.4. The highest BCUT2D eigenvalue weighted by atomic mass is 16.3. The maximum absolute atomic E-state index is 10.7. The van der Waals surface area contributed by atoms with Gasteiger partial charge in [0.2, 0.25) is 0 Å². The monoisotopic (exact) mass is 428 g/mol. The van der Waals surface area contributed by atoms with Crippen LogP contribution >= 0.6 is 0 Å². The minimum absolute atomic E-state index is 0.0814. The van der Waals surface area contributed by atoms with Crippen LogP contribution in [0.1, 0.15) is 126 Å². The third-order valence-electron chi connectivity index (χ3n) is 12.5. The molecule has 0 saturated heterocycles. The standard InChI is InChI=1S/C30H52O/c1-21(2)10-9-14-26(4)16-19-30(8)25-13-15-28(6)22(3)23(31)11-12-24(28)29(25,7)18-17-27(30,5)20-26/h10,22-25,31H,9,11-20H2,1-8H3/t22-,23+,24+,25-,26+,27-,28+,29-,30+/m0/s1. The predicted molar refractivity (Wildman–Crippen MR) is 133 cm³/mol. The van der Waals surface area contributed by atoms with Gasteiger partial charge in [0.1, 0.15) is 0 Å². The van der Waals surface area contributed by atoms with Crippen LogP contribution in [0.3, 0.4) is 0 Å². The van der Waals surface area contributed by atoms with E-state index in [0.29, 0.717) is 33.0 Å². The zero-order chi connectivity index (χ0) is 22.9. The Labute approximate surface area is 193 Å². The molecule has 0 heterocycles. The summed E-state index contributed by atoms with van der Waals surface area (Å²) in [5.41, 5.74) is 3.76. The van der Waals surface area contributed by atoms with E-state index in [1.54, 1.807) is 0 Å². The van der Waals surface area contributed by atoms with Gasteiger partial charge in [0, 0.05) is 0 Å². The average Bonchev–Trinajstić information content (AvgIpc) is 2.67. The minimum atomic E-state index is -0.0814. The summed E-state index contributed by atoms with van der Waals surface area (Å²) in [5.74, 6) is 2.11. The predicted octanol–water partition coefficient (Wildman–Crippen LogP) is 8.56. The second kappa shape index (κ2) is 7.61. The first-order chi connectivity index (χ1) is 14.3. The molecule has 0 aromatic heterocycles. The van der Waals surface area contributed by atoms with E-state index in [4.69, 9.17) is 0 Å². The van der Waals surface area contributed by atoms with Crippen molar-refractivity contribution in [2.45, 2.75) is 132 Å². The molecule has 0 bridgehead atoms. The lowest BCUT2D eigenvalue weighted by Gasteiger charge is -2.72. The van der Waals surface area contributed by atoms with Crippen molar-refractivity contribution in [3.05, 3.63) is 11.6 Å². The number of aliphatic hydroxyl groups is 1. The zero-order valence-electron chi connectivity index (χ0n) is 22.1. The van der Waals surface area contributed by atoms with Crippen molar-refractivity contribution in [1.82, 2.24) is 0 Å². The lowest BCUT2D eigenvalue weighted by molar-refractivity contribution is -0.235. The van der Waals surface area contributed by atoms with Crippen molar-refractivity contribution >= 4 is 0 Å². The van der Waals surface area contributed by atoms with E-state index in [0.717, 1.165) is 18.3 Å². The molecule has 178 valence electrons. The molecule has 0 amide bonds. The van der Waals surface area contributed by atoms with Gasteiger partial charge in [-0.25, -0.2) is 0 Å². The molecule has 4 aliphatic rings. The molecule has 4 rings (SSSR count). The third kappa shape index (κ3) is 3.50. The van der Waals surface area contributed by atoms with Crippen LogP contribution in [0.5, 0.6) is 0 Å². The number of hydrogen-bond donors (Lipinski definition) is 1. The first-order valence-corrected chi connectivity index (χ1v) is 13.6. The van der Waals surface area contributed by atoms with E-state index in [2.05, 4.69) is 61.5 Å². The van der Waals surface area contributed by atoms with Crippen LogP contribution in [-0.2, 0) is 0 Å². The van der Waals surface area contributed by atoms with Gasteiger partial charge in [0.15, 0.2) is 0 Å². The molecule has 0 aliphatic heterocycles. The molecule has 0 unspecified atom stereocenters. The Morgan fingerprint density at radius 1 is 0.839 bits per heavy atom. The Kier molecular flexibility index (Phi) is 5.85. The highest BCUT2D eigenvalue weighted by molar-refractivity contribution is 5.17. The van der Waals surface area contributed by atoms with Gasteiger partial charge in [0.25, 0.3) is 0 Å². The smallest absolute Gasteiger partial charge is 0.0571 e. The summed E-state index contributed by atoms with van der Waals surface area (Å²) >= 11 is 0. The van der Waals surface area contributed by atoms with Gasteiger partial charge in [-0.2, -0.15) is 0 Å². The normalized spacial score (nSPS) is 54.4. The van der Waals surface area contributed by atoms with Crippen molar-refractivity contribution in [2.75, 3.05) is 0 Å². The zero-order valence-corrected chi connectivity index (χ0v) is 22.1. The number of fused-ring (bicyclic) bond motifs is 5. The molecule has 0 aromatic carbocycles. The molecule has 0 radical (unpaired) electrons. The van der Waals surface area contributed by atoms with Crippen molar-refractivity contribution in [2.24, 2.45) is 44.8 Å². The summed E-state index contributed by atoms with van der Waals surface area (Å²) in [4.78, 5) is 0. The van der Waals surface area contributed by atoms with Crippen LogP contribution in [-0.4, -0.2) is 11.2 Å². The van der Waals surface area contributed by atoms with Gasteiger partial charge in [-0.05, 0) is 129 Å². The molecule has 9 atom stereocenters. The highest BCUT2D eigenvalue weighted by Gasteiger charge is 2.67. The maximum atomic E-state index is 10.7. The first-order valence-electron chi connectivity index (χ1n) is 13.6. The highest BCUT2D eigenvalue weighted by Crippen LogP contribution is 2.75. The van der Waals surface area contributed by atoms with Crippen LogP contribution in [0.2, 0.25) is 0 Å². The summed E-state index contributed by atoms with van der Waals surface area (Å²) in [6.45, 7) is 20.1. The first kappa shape index (κ1) is 23.8. The van der Waals surface area contributed by atoms with Crippen molar-refractivity contribution in [3.63, 3.8) is 0 Å². The Hall–Kier alpha value is -0.300. The molecule has 4 fully saturated rings. The van der Waals surface area contributed by atoms with Crippen molar-refractivity contribution < 1.29 is 5.11 Å².